The minimum absolute atomic E-state index is 0.648. The molecule has 3 heterocycles. The van der Waals surface area contributed by atoms with E-state index in [9.17, 15) is 0 Å². The molecule has 0 N–H and O–H groups in total. The molecule has 3 aromatic heterocycles. The minimum atomic E-state index is 0.648. The van der Waals surface area contributed by atoms with Crippen molar-refractivity contribution in [2.75, 3.05) is 11.9 Å². The Kier molecular flexibility index (Phi) is 4.65. The average molecular weight is 359 g/mol. The molecule has 0 aliphatic heterocycles. The molecular formula is C20H21N7. The summed E-state index contributed by atoms with van der Waals surface area (Å²) in [4.78, 5) is 6.54. The second-order valence-electron chi connectivity index (χ2n) is 6.46. The van der Waals surface area contributed by atoms with E-state index in [4.69, 9.17) is 0 Å². The molecule has 27 heavy (non-hydrogen) atoms. The van der Waals surface area contributed by atoms with Crippen LogP contribution in [0.5, 0.6) is 0 Å². The van der Waals surface area contributed by atoms with Crippen LogP contribution in [0.25, 0.3) is 5.82 Å². The summed E-state index contributed by atoms with van der Waals surface area (Å²) in [5.74, 6) is 2.47. The lowest BCUT2D eigenvalue weighted by atomic mass is 10.2. The number of rotatable bonds is 6. The van der Waals surface area contributed by atoms with Gasteiger partial charge in [-0.05, 0) is 30.7 Å². The largest absolute Gasteiger partial charge is 0.351 e. The first-order chi connectivity index (χ1) is 13.2. The lowest BCUT2D eigenvalue weighted by Crippen LogP contribution is -2.21. The number of imidazole rings is 1. The molecule has 0 saturated heterocycles. The average Bonchev–Trinajstić information content (AvgIpc) is 3.32. The summed E-state index contributed by atoms with van der Waals surface area (Å²) in [6.07, 6.45) is 5.72. The number of aryl methyl sites for hydroxylation is 1. The molecule has 0 atom stereocenters. The van der Waals surface area contributed by atoms with E-state index in [0.29, 0.717) is 12.4 Å². The zero-order valence-corrected chi connectivity index (χ0v) is 15.4. The molecule has 0 radical (unpaired) electrons. The van der Waals surface area contributed by atoms with E-state index in [-0.39, 0.29) is 0 Å². The number of hydrogen-bond acceptors (Lipinski definition) is 5. The normalized spacial score (nSPS) is 10.9. The first kappa shape index (κ1) is 17.0. The quantitative estimate of drug-likeness (QED) is 0.530. The Morgan fingerprint density at radius 2 is 1.81 bits per heavy atom. The molecular weight excluding hydrogens is 338 g/mol. The predicted molar refractivity (Wildman–Crippen MR) is 104 cm³/mol. The lowest BCUT2D eigenvalue weighted by molar-refractivity contribution is 0.700. The molecule has 1 aromatic carbocycles. The highest BCUT2D eigenvalue weighted by molar-refractivity contribution is 5.39. The monoisotopic (exact) mass is 359 g/mol. The molecule has 0 fully saturated rings. The Morgan fingerprint density at radius 3 is 2.52 bits per heavy atom. The van der Waals surface area contributed by atoms with Crippen molar-refractivity contribution in [1.82, 2.24) is 29.5 Å². The van der Waals surface area contributed by atoms with Gasteiger partial charge in [0.25, 0.3) is 0 Å². The van der Waals surface area contributed by atoms with E-state index in [1.165, 1.54) is 5.56 Å². The van der Waals surface area contributed by atoms with Crippen LogP contribution >= 0.6 is 0 Å². The predicted octanol–water partition coefficient (Wildman–Crippen LogP) is 2.85. The van der Waals surface area contributed by atoms with Gasteiger partial charge in [0.05, 0.1) is 12.2 Å². The van der Waals surface area contributed by atoms with Gasteiger partial charge in [-0.15, -0.1) is 10.2 Å². The fraction of sp³-hybridized carbons (Fsp3) is 0.200. The number of benzene rings is 1. The SMILES string of the molecule is Cc1ccn(-c2ccc(N(C)Cc3nccn3Cc3ccccc3)nn2)n1. The third-order valence-corrected chi connectivity index (χ3v) is 4.36. The van der Waals surface area contributed by atoms with Crippen molar-refractivity contribution in [3.8, 4) is 5.82 Å². The standard InChI is InChI=1S/C20H21N7/c1-16-10-12-27(24-16)19-9-8-18(22-23-19)25(2)15-20-21-11-13-26(20)14-17-6-4-3-5-7-17/h3-13H,14-15H2,1-2H3. The number of aromatic nitrogens is 6. The zero-order chi connectivity index (χ0) is 18.6. The fourth-order valence-corrected chi connectivity index (χ4v) is 2.90. The van der Waals surface area contributed by atoms with Crippen LogP contribution in [0.15, 0.2) is 67.1 Å². The highest BCUT2D eigenvalue weighted by Gasteiger charge is 2.10. The molecule has 4 aromatic rings. The van der Waals surface area contributed by atoms with Crippen LogP contribution in [0.2, 0.25) is 0 Å². The number of anilines is 1. The van der Waals surface area contributed by atoms with Gasteiger partial charge in [0.1, 0.15) is 5.82 Å². The number of nitrogens with zero attached hydrogens (tertiary/aromatic N) is 7. The Balaban J connectivity index is 1.46. The third kappa shape index (κ3) is 3.87. The Morgan fingerprint density at radius 1 is 0.963 bits per heavy atom. The molecule has 0 saturated carbocycles. The summed E-state index contributed by atoms with van der Waals surface area (Å²) in [5, 5.41) is 13.0. The Hall–Kier alpha value is -3.48. The van der Waals surface area contributed by atoms with Crippen molar-refractivity contribution in [1.29, 1.82) is 0 Å². The van der Waals surface area contributed by atoms with Crippen molar-refractivity contribution in [2.24, 2.45) is 0 Å². The van der Waals surface area contributed by atoms with Crippen LogP contribution in [0.3, 0.4) is 0 Å². The van der Waals surface area contributed by atoms with Gasteiger partial charge in [0.2, 0.25) is 0 Å². The maximum Gasteiger partial charge on any atom is 0.175 e. The first-order valence-corrected chi connectivity index (χ1v) is 8.80. The smallest absolute Gasteiger partial charge is 0.175 e. The molecule has 0 unspecified atom stereocenters. The van der Waals surface area contributed by atoms with Crippen molar-refractivity contribution in [3.63, 3.8) is 0 Å². The van der Waals surface area contributed by atoms with Gasteiger partial charge < -0.3 is 9.47 Å². The highest BCUT2D eigenvalue weighted by Crippen LogP contribution is 2.14. The van der Waals surface area contributed by atoms with Gasteiger partial charge in [-0.25, -0.2) is 9.67 Å². The van der Waals surface area contributed by atoms with E-state index in [1.54, 1.807) is 4.68 Å². The number of hydrogen-bond donors (Lipinski definition) is 0. The van der Waals surface area contributed by atoms with Crippen LogP contribution < -0.4 is 4.90 Å². The van der Waals surface area contributed by atoms with Crippen molar-refractivity contribution < 1.29 is 0 Å². The molecule has 0 aliphatic rings. The minimum Gasteiger partial charge on any atom is -0.351 e. The molecule has 0 aliphatic carbocycles. The van der Waals surface area contributed by atoms with E-state index >= 15 is 0 Å². The van der Waals surface area contributed by atoms with E-state index in [1.807, 2.05) is 61.7 Å². The highest BCUT2D eigenvalue weighted by atomic mass is 15.4. The second-order valence-corrected chi connectivity index (χ2v) is 6.46. The van der Waals surface area contributed by atoms with Crippen LogP contribution in [0, 0.1) is 6.92 Å². The summed E-state index contributed by atoms with van der Waals surface area (Å²) in [6, 6.07) is 16.2. The van der Waals surface area contributed by atoms with Crippen LogP contribution in [-0.2, 0) is 13.1 Å². The summed E-state index contributed by atoms with van der Waals surface area (Å²) in [7, 11) is 1.99. The van der Waals surface area contributed by atoms with E-state index in [2.05, 4.69) is 49.1 Å². The van der Waals surface area contributed by atoms with Gasteiger partial charge in [-0.1, -0.05) is 30.3 Å². The van der Waals surface area contributed by atoms with E-state index < -0.39 is 0 Å². The van der Waals surface area contributed by atoms with Gasteiger partial charge >= 0.3 is 0 Å². The molecule has 0 bridgehead atoms. The molecule has 0 spiro atoms. The summed E-state index contributed by atoms with van der Waals surface area (Å²) in [6.45, 7) is 3.39. The van der Waals surface area contributed by atoms with Crippen LogP contribution in [0.1, 0.15) is 17.1 Å². The van der Waals surface area contributed by atoms with Crippen molar-refractivity contribution >= 4 is 5.82 Å². The molecule has 136 valence electrons. The second kappa shape index (κ2) is 7.41. The van der Waals surface area contributed by atoms with Crippen molar-refractivity contribution in [2.45, 2.75) is 20.0 Å². The molecule has 7 heteroatoms. The van der Waals surface area contributed by atoms with Crippen LogP contribution in [-0.4, -0.2) is 36.6 Å². The van der Waals surface area contributed by atoms with Gasteiger partial charge in [-0.2, -0.15) is 5.10 Å². The molecule has 7 nitrogen and oxygen atoms in total. The summed E-state index contributed by atoms with van der Waals surface area (Å²) >= 11 is 0. The van der Waals surface area contributed by atoms with Crippen molar-refractivity contribution in [3.05, 3.63) is 84.2 Å². The van der Waals surface area contributed by atoms with Gasteiger partial charge in [0, 0.05) is 32.2 Å². The zero-order valence-electron chi connectivity index (χ0n) is 15.4. The third-order valence-electron chi connectivity index (χ3n) is 4.36. The van der Waals surface area contributed by atoms with Crippen LogP contribution in [0.4, 0.5) is 5.82 Å². The van der Waals surface area contributed by atoms with E-state index in [0.717, 1.165) is 23.9 Å². The topological polar surface area (TPSA) is 64.7 Å². The summed E-state index contributed by atoms with van der Waals surface area (Å²) < 4.78 is 3.87. The Bertz CT molecular complexity index is 1000. The first-order valence-electron chi connectivity index (χ1n) is 8.80. The Labute approximate surface area is 157 Å². The maximum atomic E-state index is 4.50. The van der Waals surface area contributed by atoms with Gasteiger partial charge in [0.15, 0.2) is 11.6 Å². The summed E-state index contributed by atoms with van der Waals surface area (Å²) in [5.41, 5.74) is 2.20. The fourth-order valence-electron chi connectivity index (χ4n) is 2.90. The molecule has 4 rings (SSSR count). The maximum absolute atomic E-state index is 4.50. The lowest BCUT2D eigenvalue weighted by Gasteiger charge is -2.18. The van der Waals surface area contributed by atoms with Gasteiger partial charge in [-0.3, -0.25) is 0 Å². The molecule has 0 amide bonds.